The fourth-order valence-electron chi connectivity index (χ4n) is 1.04. The molecule has 1 heterocycles. The van der Waals surface area contributed by atoms with E-state index in [0.717, 1.165) is 0 Å². The predicted octanol–water partition coefficient (Wildman–Crippen LogP) is 2.09. The normalized spacial score (nSPS) is 10.7. The van der Waals surface area contributed by atoms with Crippen molar-refractivity contribution >= 4 is 22.6 Å². The second kappa shape index (κ2) is 4.83. The lowest BCUT2D eigenvalue weighted by Gasteiger charge is -2.10. The molecule has 78 valence electrons. The Bertz CT molecular complexity index is 333. The van der Waals surface area contributed by atoms with Crippen molar-refractivity contribution in [2.24, 2.45) is 5.73 Å². The molecule has 1 aromatic heterocycles. The van der Waals surface area contributed by atoms with Gasteiger partial charge in [0.2, 0.25) is 5.88 Å². The number of pyridine rings is 1. The van der Waals surface area contributed by atoms with Crippen LogP contribution in [-0.2, 0) is 6.54 Å². The zero-order valence-electron chi connectivity index (χ0n) is 7.43. The van der Waals surface area contributed by atoms with Crippen LogP contribution in [0, 0.1) is 3.57 Å². The molecule has 0 radical (unpaired) electrons. The fraction of sp³-hybridized carbons (Fsp3) is 0.375. The Morgan fingerprint density at radius 3 is 2.71 bits per heavy atom. The Labute approximate surface area is 93.8 Å². The van der Waals surface area contributed by atoms with Crippen LogP contribution in [0.4, 0.5) is 8.78 Å². The highest BCUT2D eigenvalue weighted by molar-refractivity contribution is 14.1. The van der Waals surface area contributed by atoms with Crippen LogP contribution >= 0.6 is 22.6 Å². The Hall–Kier alpha value is -0.500. The van der Waals surface area contributed by atoms with E-state index in [2.05, 4.69) is 4.98 Å². The molecule has 6 heteroatoms. The number of methoxy groups -OCH3 is 1. The molecule has 0 aliphatic heterocycles. The quantitative estimate of drug-likeness (QED) is 0.869. The molecule has 1 rings (SSSR count). The second-order valence-corrected chi connectivity index (χ2v) is 3.67. The SMILES string of the molecule is COc1cc(I)c(C(F)F)c(CN)n1. The van der Waals surface area contributed by atoms with E-state index in [1.807, 2.05) is 22.6 Å². The van der Waals surface area contributed by atoms with Crippen molar-refractivity contribution in [1.82, 2.24) is 4.98 Å². The van der Waals surface area contributed by atoms with Crippen LogP contribution < -0.4 is 10.5 Å². The minimum Gasteiger partial charge on any atom is -0.481 e. The summed E-state index contributed by atoms with van der Waals surface area (Å²) < 4.78 is 30.4. The lowest BCUT2D eigenvalue weighted by atomic mass is 10.2. The summed E-state index contributed by atoms with van der Waals surface area (Å²) in [5, 5.41) is 0. The summed E-state index contributed by atoms with van der Waals surface area (Å²) in [7, 11) is 1.43. The van der Waals surface area contributed by atoms with Crippen molar-refractivity contribution < 1.29 is 13.5 Å². The van der Waals surface area contributed by atoms with Crippen LogP contribution in [0.5, 0.6) is 5.88 Å². The van der Waals surface area contributed by atoms with Crippen molar-refractivity contribution in [3.63, 3.8) is 0 Å². The number of hydrogen-bond donors (Lipinski definition) is 1. The van der Waals surface area contributed by atoms with Gasteiger partial charge in [-0.25, -0.2) is 13.8 Å². The molecule has 3 nitrogen and oxygen atoms in total. The maximum absolute atomic E-state index is 12.6. The van der Waals surface area contributed by atoms with Gasteiger partial charge in [0.1, 0.15) is 0 Å². The number of aromatic nitrogens is 1. The molecule has 0 saturated carbocycles. The monoisotopic (exact) mass is 314 g/mol. The molecular formula is C8H9F2IN2O. The molecule has 0 aliphatic carbocycles. The van der Waals surface area contributed by atoms with E-state index in [4.69, 9.17) is 10.5 Å². The number of halogens is 3. The van der Waals surface area contributed by atoms with Crippen LogP contribution in [-0.4, -0.2) is 12.1 Å². The molecule has 1 aromatic rings. The van der Waals surface area contributed by atoms with Crippen LogP contribution in [0.15, 0.2) is 6.07 Å². The number of alkyl halides is 2. The average Bonchev–Trinajstić information content (AvgIpc) is 2.15. The first kappa shape index (κ1) is 11.6. The van der Waals surface area contributed by atoms with Crippen LogP contribution in [0.25, 0.3) is 0 Å². The molecule has 0 spiro atoms. The van der Waals surface area contributed by atoms with Crippen molar-refractivity contribution in [2.45, 2.75) is 13.0 Å². The van der Waals surface area contributed by atoms with Crippen LogP contribution in [0.3, 0.4) is 0 Å². The molecular weight excluding hydrogens is 305 g/mol. The summed E-state index contributed by atoms with van der Waals surface area (Å²) in [4.78, 5) is 3.86. The molecule has 0 unspecified atom stereocenters. The maximum atomic E-state index is 12.6. The minimum atomic E-state index is -2.56. The molecule has 0 aliphatic rings. The summed E-state index contributed by atoms with van der Waals surface area (Å²) >= 11 is 1.82. The van der Waals surface area contributed by atoms with Gasteiger partial charge in [0.25, 0.3) is 6.43 Å². The van der Waals surface area contributed by atoms with Gasteiger partial charge in [-0.05, 0) is 22.6 Å². The van der Waals surface area contributed by atoms with Gasteiger partial charge in [-0.3, -0.25) is 0 Å². The molecule has 0 aromatic carbocycles. The zero-order valence-corrected chi connectivity index (χ0v) is 9.59. The third-order valence-electron chi connectivity index (χ3n) is 1.68. The molecule has 2 N–H and O–H groups in total. The topological polar surface area (TPSA) is 48.1 Å². The fourth-order valence-corrected chi connectivity index (χ4v) is 1.85. The highest BCUT2D eigenvalue weighted by atomic mass is 127. The van der Waals surface area contributed by atoms with Gasteiger partial charge in [0.15, 0.2) is 0 Å². The van der Waals surface area contributed by atoms with E-state index < -0.39 is 6.43 Å². The Balaban J connectivity index is 3.27. The molecule has 14 heavy (non-hydrogen) atoms. The zero-order chi connectivity index (χ0) is 10.7. The number of hydrogen-bond acceptors (Lipinski definition) is 3. The maximum Gasteiger partial charge on any atom is 0.266 e. The van der Waals surface area contributed by atoms with Crippen molar-refractivity contribution in [2.75, 3.05) is 7.11 Å². The number of rotatable bonds is 3. The predicted molar refractivity (Wildman–Crippen MR) is 56.4 cm³/mol. The van der Waals surface area contributed by atoms with Crippen LogP contribution in [0.2, 0.25) is 0 Å². The average molecular weight is 314 g/mol. The van der Waals surface area contributed by atoms with Gasteiger partial charge in [-0.15, -0.1) is 0 Å². The first-order valence-electron chi connectivity index (χ1n) is 3.81. The van der Waals surface area contributed by atoms with E-state index in [-0.39, 0.29) is 17.8 Å². The Morgan fingerprint density at radius 2 is 2.29 bits per heavy atom. The van der Waals surface area contributed by atoms with Gasteiger partial charge in [-0.2, -0.15) is 0 Å². The van der Waals surface area contributed by atoms with Gasteiger partial charge >= 0.3 is 0 Å². The van der Waals surface area contributed by atoms with Gasteiger partial charge in [0.05, 0.1) is 18.4 Å². The first-order chi connectivity index (χ1) is 6.60. The number of nitrogens with zero attached hydrogens (tertiary/aromatic N) is 1. The van der Waals surface area contributed by atoms with Crippen molar-refractivity contribution in [3.05, 3.63) is 20.9 Å². The van der Waals surface area contributed by atoms with E-state index in [9.17, 15) is 8.78 Å². The third kappa shape index (κ3) is 2.30. The van der Waals surface area contributed by atoms with E-state index in [1.54, 1.807) is 0 Å². The van der Waals surface area contributed by atoms with E-state index >= 15 is 0 Å². The van der Waals surface area contributed by atoms with Gasteiger partial charge < -0.3 is 10.5 Å². The molecule has 0 amide bonds. The summed E-state index contributed by atoms with van der Waals surface area (Å²) in [6.45, 7) is -0.0210. The highest BCUT2D eigenvalue weighted by Gasteiger charge is 2.18. The van der Waals surface area contributed by atoms with E-state index in [1.165, 1.54) is 13.2 Å². The smallest absolute Gasteiger partial charge is 0.266 e. The molecule has 0 saturated heterocycles. The first-order valence-corrected chi connectivity index (χ1v) is 4.89. The minimum absolute atomic E-state index is 0.0210. The lowest BCUT2D eigenvalue weighted by Crippen LogP contribution is -2.08. The second-order valence-electron chi connectivity index (χ2n) is 2.51. The summed E-state index contributed by atoms with van der Waals surface area (Å²) in [5.74, 6) is 0.305. The lowest BCUT2D eigenvalue weighted by molar-refractivity contribution is 0.148. The van der Waals surface area contributed by atoms with E-state index in [0.29, 0.717) is 9.45 Å². The molecule has 0 atom stereocenters. The van der Waals surface area contributed by atoms with Crippen molar-refractivity contribution in [3.8, 4) is 5.88 Å². The molecule has 0 bridgehead atoms. The van der Waals surface area contributed by atoms with Crippen molar-refractivity contribution in [1.29, 1.82) is 0 Å². The molecule has 0 fully saturated rings. The summed E-state index contributed by atoms with van der Waals surface area (Å²) in [6.07, 6.45) is -2.56. The highest BCUT2D eigenvalue weighted by Crippen LogP contribution is 2.29. The Kier molecular flexibility index (Phi) is 3.99. The van der Waals surface area contributed by atoms with Crippen LogP contribution in [0.1, 0.15) is 17.7 Å². The summed E-state index contributed by atoms with van der Waals surface area (Å²) in [6, 6.07) is 1.46. The standard InChI is InChI=1S/C8H9F2IN2O/c1-14-6-2-4(11)7(8(9)10)5(3-12)13-6/h2,8H,3,12H2,1H3. The van der Waals surface area contributed by atoms with Gasteiger partial charge in [0, 0.05) is 16.2 Å². The van der Waals surface area contributed by atoms with Gasteiger partial charge in [-0.1, -0.05) is 0 Å². The Morgan fingerprint density at radius 1 is 1.64 bits per heavy atom. The summed E-state index contributed by atoms with van der Waals surface area (Å²) in [5.41, 5.74) is 5.41. The third-order valence-corrected chi connectivity index (χ3v) is 2.58. The number of ether oxygens (including phenoxy) is 1. The largest absolute Gasteiger partial charge is 0.481 e. The number of nitrogens with two attached hydrogens (primary N) is 1.